The third-order valence-corrected chi connectivity index (χ3v) is 4.57. The maximum Gasteiger partial charge on any atom is 0.306 e. The van der Waals surface area contributed by atoms with Crippen LogP contribution in [-0.2, 0) is 9.84 Å². The molecule has 0 aromatic carbocycles. The summed E-state index contributed by atoms with van der Waals surface area (Å²) in [5.74, 6) is -0.148. The minimum absolute atomic E-state index is 0.142. The summed E-state index contributed by atoms with van der Waals surface area (Å²) in [5, 5.41) is 13.4. The van der Waals surface area contributed by atoms with E-state index >= 15 is 0 Å². The van der Waals surface area contributed by atoms with E-state index < -0.39 is 25.5 Å². The predicted octanol–water partition coefficient (Wildman–Crippen LogP) is 0.515. The van der Waals surface area contributed by atoms with E-state index in [4.69, 9.17) is 0 Å². The van der Waals surface area contributed by atoms with Crippen LogP contribution in [0.3, 0.4) is 0 Å². The summed E-state index contributed by atoms with van der Waals surface area (Å²) in [4.78, 5) is 13.7. The number of aromatic nitrogens is 1. The van der Waals surface area contributed by atoms with Crippen molar-refractivity contribution in [1.82, 2.24) is 10.3 Å². The molecule has 98 valence electrons. The van der Waals surface area contributed by atoms with Crippen molar-refractivity contribution in [3.63, 3.8) is 0 Å². The van der Waals surface area contributed by atoms with Crippen LogP contribution in [0.25, 0.3) is 0 Å². The van der Waals surface area contributed by atoms with Gasteiger partial charge in [0.15, 0.2) is 0 Å². The zero-order chi connectivity index (χ0) is 13.2. The van der Waals surface area contributed by atoms with Crippen LogP contribution in [0.2, 0.25) is 0 Å². The minimum Gasteiger partial charge on any atom is -0.313 e. The molecule has 1 aromatic heterocycles. The molecule has 1 aliphatic rings. The van der Waals surface area contributed by atoms with Gasteiger partial charge in [-0.25, -0.2) is 13.4 Å². The van der Waals surface area contributed by atoms with E-state index in [0.29, 0.717) is 0 Å². The van der Waals surface area contributed by atoms with Crippen LogP contribution < -0.4 is 5.32 Å². The number of rotatable bonds is 4. The second-order valence-electron chi connectivity index (χ2n) is 4.16. The van der Waals surface area contributed by atoms with E-state index in [9.17, 15) is 18.5 Å². The summed E-state index contributed by atoms with van der Waals surface area (Å²) in [7, 11) is -3.73. The number of nitrogens with zero attached hydrogens (tertiary/aromatic N) is 2. The fraction of sp³-hybridized carbons (Fsp3) is 0.500. The highest BCUT2D eigenvalue weighted by molar-refractivity contribution is 7.91. The lowest BCUT2D eigenvalue weighted by molar-refractivity contribution is -0.388. The molecule has 2 rings (SSSR count). The average molecular weight is 271 g/mol. The van der Waals surface area contributed by atoms with Gasteiger partial charge in [0.05, 0.1) is 10.7 Å². The van der Waals surface area contributed by atoms with Gasteiger partial charge in [-0.1, -0.05) is 0 Å². The lowest BCUT2D eigenvalue weighted by Gasteiger charge is -2.10. The molecule has 0 aliphatic carbocycles. The van der Waals surface area contributed by atoms with Crippen LogP contribution in [0.4, 0.5) is 5.69 Å². The third-order valence-electron chi connectivity index (χ3n) is 2.83. The molecule has 8 heteroatoms. The van der Waals surface area contributed by atoms with Crippen LogP contribution in [0.5, 0.6) is 0 Å². The second-order valence-corrected chi connectivity index (χ2v) is 6.11. The fourth-order valence-electron chi connectivity index (χ4n) is 2.00. The van der Waals surface area contributed by atoms with E-state index in [1.54, 1.807) is 0 Å². The molecule has 1 aliphatic heterocycles. The molecule has 7 nitrogen and oxygen atoms in total. The molecule has 2 heterocycles. The molecule has 1 atom stereocenters. The van der Waals surface area contributed by atoms with Gasteiger partial charge in [-0.15, -0.1) is 0 Å². The summed E-state index contributed by atoms with van der Waals surface area (Å²) in [6, 6.07) is 2.36. The van der Waals surface area contributed by atoms with Crippen LogP contribution >= 0.6 is 0 Å². The van der Waals surface area contributed by atoms with Gasteiger partial charge >= 0.3 is 5.69 Å². The molecule has 0 amide bonds. The van der Waals surface area contributed by atoms with E-state index in [-0.39, 0.29) is 11.8 Å². The molecule has 0 saturated carbocycles. The van der Waals surface area contributed by atoms with Crippen molar-refractivity contribution in [2.24, 2.45) is 0 Å². The Hall–Kier alpha value is -1.54. The number of nitrogens with one attached hydrogen (secondary N) is 1. The topological polar surface area (TPSA) is 102 Å². The first-order valence-corrected chi connectivity index (χ1v) is 7.21. The quantitative estimate of drug-likeness (QED) is 0.632. The Morgan fingerprint density at radius 2 is 2.33 bits per heavy atom. The lowest BCUT2D eigenvalue weighted by Crippen LogP contribution is -2.30. The van der Waals surface area contributed by atoms with Gasteiger partial charge in [0, 0.05) is 18.3 Å². The van der Waals surface area contributed by atoms with Crippen molar-refractivity contribution >= 4 is 15.5 Å². The van der Waals surface area contributed by atoms with Gasteiger partial charge in [0.1, 0.15) is 0 Å². The molecule has 1 N–H and O–H groups in total. The zero-order valence-electron chi connectivity index (χ0n) is 9.57. The van der Waals surface area contributed by atoms with Crippen molar-refractivity contribution < 1.29 is 13.3 Å². The van der Waals surface area contributed by atoms with Crippen molar-refractivity contribution in [2.45, 2.75) is 23.9 Å². The van der Waals surface area contributed by atoms with Crippen LogP contribution in [-0.4, -0.2) is 36.7 Å². The van der Waals surface area contributed by atoms with Gasteiger partial charge < -0.3 is 5.32 Å². The van der Waals surface area contributed by atoms with Crippen molar-refractivity contribution in [3.05, 3.63) is 28.4 Å². The summed E-state index contributed by atoms with van der Waals surface area (Å²) in [6.45, 7) is 0.782. The Morgan fingerprint density at radius 1 is 1.56 bits per heavy atom. The second kappa shape index (κ2) is 4.99. The maximum atomic E-state index is 12.1. The normalized spacial score (nSPS) is 19.9. The van der Waals surface area contributed by atoms with Crippen LogP contribution in [0, 0.1) is 10.1 Å². The highest BCUT2D eigenvalue weighted by Crippen LogP contribution is 2.23. The number of sulfone groups is 1. The van der Waals surface area contributed by atoms with E-state index in [1.807, 2.05) is 0 Å². The van der Waals surface area contributed by atoms with Gasteiger partial charge in [0.2, 0.25) is 14.9 Å². The summed E-state index contributed by atoms with van der Waals surface area (Å²) in [5.41, 5.74) is -0.463. The van der Waals surface area contributed by atoms with E-state index in [1.165, 1.54) is 12.3 Å². The largest absolute Gasteiger partial charge is 0.313 e. The van der Waals surface area contributed by atoms with Gasteiger partial charge in [0.25, 0.3) is 0 Å². The Balaban J connectivity index is 2.31. The summed E-state index contributed by atoms with van der Waals surface area (Å²) in [6.07, 6.45) is 2.94. The number of pyridine rings is 1. The first kappa shape index (κ1) is 12.9. The Labute approximate surface area is 104 Å². The van der Waals surface area contributed by atoms with Crippen molar-refractivity contribution in [1.29, 1.82) is 0 Å². The molecule has 1 saturated heterocycles. The predicted molar refractivity (Wildman–Crippen MR) is 64.0 cm³/mol. The SMILES string of the molecule is O=[N+]([O-])c1cccnc1S(=O)(=O)C[C@@H]1CCCN1. The molecule has 1 aromatic rings. The number of hydrogen-bond donors (Lipinski definition) is 1. The summed E-state index contributed by atoms with van der Waals surface area (Å²) >= 11 is 0. The Morgan fingerprint density at radius 3 is 2.94 bits per heavy atom. The average Bonchev–Trinajstić information content (AvgIpc) is 2.81. The molecule has 18 heavy (non-hydrogen) atoms. The van der Waals surface area contributed by atoms with Crippen LogP contribution in [0.1, 0.15) is 12.8 Å². The van der Waals surface area contributed by atoms with Gasteiger partial charge in [-0.3, -0.25) is 10.1 Å². The lowest BCUT2D eigenvalue weighted by atomic mass is 10.3. The highest BCUT2D eigenvalue weighted by Gasteiger charge is 2.30. The first-order valence-electron chi connectivity index (χ1n) is 5.56. The maximum absolute atomic E-state index is 12.1. The standard InChI is InChI=1S/C10H13N3O4S/c14-13(15)9-4-2-6-12-10(9)18(16,17)7-8-3-1-5-11-8/h2,4,6,8,11H,1,3,5,7H2/t8-/m0/s1. The zero-order valence-corrected chi connectivity index (χ0v) is 10.4. The molecular weight excluding hydrogens is 258 g/mol. The Bertz CT molecular complexity index is 552. The van der Waals surface area contributed by atoms with Gasteiger partial charge in [-0.2, -0.15) is 0 Å². The highest BCUT2D eigenvalue weighted by atomic mass is 32.2. The smallest absolute Gasteiger partial charge is 0.306 e. The molecule has 0 bridgehead atoms. The van der Waals surface area contributed by atoms with Crippen LogP contribution in [0.15, 0.2) is 23.4 Å². The first-order chi connectivity index (χ1) is 8.50. The molecular formula is C10H13N3O4S. The monoisotopic (exact) mass is 271 g/mol. The van der Waals surface area contributed by atoms with E-state index in [2.05, 4.69) is 10.3 Å². The molecule has 0 spiro atoms. The van der Waals surface area contributed by atoms with Crippen molar-refractivity contribution in [3.8, 4) is 0 Å². The minimum atomic E-state index is -3.73. The third kappa shape index (κ3) is 2.65. The Kier molecular flexibility index (Phi) is 3.58. The molecule has 1 fully saturated rings. The number of nitro groups is 1. The fourth-order valence-corrected chi connectivity index (χ4v) is 3.66. The van der Waals surface area contributed by atoms with Gasteiger partial charge in [-0.05, 0) is 25.5 Å². The molecule has 0 radical (unpaired) electrons. The van der Waals surface area contributed by atoms with E-state index in [0.717, 1.165) is 25.5 Å². The summed E-state index contributed by atoms with van der Waals surface area (Å²) < 4.78 is 24.2. The molecule has 0 unspecified atom stereocenters. The number of hydrogen-bond acceptors (Lipinski definition) is 6. The van der Waals surface area contributed by atoms with Crippen molar-refractivity contribution in [2.75, 3.05) is 12.3 Å².